The van der Waals surface area contributed by atoms with Gasteiger partial charge in [-0.2, -0.15) is 0 Å². The quantitative estimate of drug-likeness (QED) is 0.868. The van der Waals surface area contributed by atoms with Crippen molar-refractivity contribution in [2.45, 2.75) is 59.0 Å². The maximum atomic E-state index is 13.6. The van der Waals surface area contributed by atoms with Gasteiger partial charge in [0, 0.05) is 31.4 Å². The van der Waals surface area contributed by atoms with Crippen LogP contribution in [0, 0.1) is 11.7 Å². The number of hydrogen-bond acceptors (Lipinski definition) is 2. The van der Waals surface area contributed by atoms with Crippen molar-refractivity contribution in [1.29, 1.82) is 0 Å². The van der Waals surface area contributed by atoms with Crippen molar-refractivity contribution in [1.82, 2.24) is 5.32 Å². The second-order valence-electron chi connectivity index (χ2n) is 6.50. The van der Waals surface area contributed by atoms with E-state index < -0.39 is 0 Å². The minimum atomic E-state index is -0.138. The lowest BCUT2D eigenvalue weighted by atomic mass is 9.98. The maximum Gasteiger partial charge on any atom is 0.123 e. The van der Waals surface area contributed by atoms with Crippen LogP contribution in [0.4, 0.5) is 10.1 Å². The lowest BCUT2D eigenvalue weighted by molar-refractivity contribution is 0.459. The van der Waals surface area contributed by atoms with Crippen LogP contribution in [0.3, 0.4) is 0 Å². The molecule has 0 aromatic heterocycles. The predicted molar refractivity (Wildman–Crippen MR) is 88.2 cm³/mol. The third kappa shape index (κ3) is 4.70. The Morgan fingerprint density at radius 3 is 2.81 bits per heavy atom. The van der Waals surface area contributed by atoms with E-state index in [1.165, 1.54) is 31.4 Å². The maximum absolute atomic E-state index is 13.6. The van der Waals surface area contributed by atoms with Crippen LogP contribution in [0.15, 0.2) is 18.2 Å². The number of nitrogens with zero attached hydrogens (tertiary/aromatic N) is 1. The summed E-state index contributed by atoms with van der Waals surface area (Å²) in [6.45, 7) is 9.46. The van der Waals surface area contributed by atoms with Gasteiger partial charge in [0.2, 0.25) is 0 Å². The van der Waals surface area contributed by atoms with Crippen LogP contribution in [0.1, 0.15) is 52.0 Å². The van der Waals surface area contributed by atoms with Crippen molar-refractivity contribution in [2.24, 2.45) is 5.92 Å². The molecule has 0 aliphatic carbocycles. The highest BCUT2D eigenvalue weighted by atomic mass is 19.1. The van der Waals surface area contributed by atoms with Gasteiger partial charge >= 0.3 is 0 Å². The van der Waals surface area contributed by atoms with Crippen LogP contribution in [0.25, 0.3) is 0 Å². The monoisotopic (exact) mass is 292 g/mol. The Morgan fingerprint density at radius 2 is 2.10 bits per heavy atom. The van der Waals surface area contributed by atoms with Crippen molar-refractivity contribution in [3.63, 3.8) is 0 Å². The van der Waals surface area contributed by atoms with Gasteiger partial charge in [-0.1, -0.05) is 27.2 Å². The molecule has 1 saturated heterocycles. The summed E-state index contributed by atoms with van der Waals surface area (Å²) in [5.41, 5.74) is 2.29. The number of nitrogens with one attached hydrogen (secondary N) is 1. The fraction of sp³-hybridized carbons (Fsp3) is 0.667. The highest BCUT2D eigenvalue weighted by molar-refractivity contribution is 5.54. The molecule has 1 heterocycles. The smallest absolute Gasteiger partial charge is 0.123 e. The number of halogens is 1. The Hall–Kier alpha value is -1.09. The van der Waals surface area contributed by atoms with Crippen LogP contribution in [-0.4, -0.2) is 19.1 Å². The molecule has 1 unspecified atom stereocenters. The third-order valence-electron chi connectivity index (χ3n) is 4.51. The zero-order valence-corrected chi connectivity index (χ0v) is 13.7. The summed E-state index contributed by atoms with van der Waals surface area (Å²) in [6.07, 6.45) is 5.10. The molecule has 1 atom stereocenters. The van der Waals surface area contributed by atoms with E-state index in [-0.39, 0.29) is 5.82 Å². The normalized spacial score (nSPS) is 19.9. The first-order valence-corrected chi connectivity index (χ1v) is 8.37. The van der Waals surface area contributed by atoms with Gasteiger partial charge in [-0.15, -0.1) is 0 Å². The Kier molecular flexibility index (Phi) is 6.04. The van der Waals surface area contributed by atoms with Gasteiger partial charge in [0.15, 0.2) is 0 Å². The molecule has 0 spiro atoms. The van der Waals surface area contributed by atoms with Crippen molar-refractivity contribution < 1.29 is 4.39 Å². The summed E-state index contributed by atoms with van der Waals surface area (Å²) in [7, 11) is 0. The summed E-state index contributed by atoms with van der Waals surface area (Å²) >= 11 is 0. The number of benzene rings is 1. The number of rotatable bonds is 5. The second kappa shape index (κ2) is 7.79. The summed E-state index contributed by atoms with van der Waals surface area (Å²) in [6, 6.07) is 5.65. The molecular formula is C18H29FN2. The van der Waals surface area contributed by atoms with E-state index in [1.54, 1.807) is 12.1 Å². The first-order valence-electron chi connectivity index (χ1n) is 8.37. The number of hydrogen-bond donors (Lipinski definition) is 1. The van der Waals surface area contributed by atoms with Gasteiger partial charge in [0.25, 0.3) is 0 Å². The van der Waals surface area contributed by atoms with Crippen LogP contribution in [0.2, 0.25) is 0 Å². The summed E-state index contributed by atoms with van der Waals surface area (Å²) in [5.74, 6) is 0.716. The van der Waals surface area contributed by atoms with Gasteiger partial charge in [0.05, 0.1) is 0 Å². The fourth-order valence-corrected chi connectivity index (χ4v) is 3.13. The van der Waals surface area contributed by atoms with E-state index in [2.05, 4.69) is 31.0 Å². The molecule has 1 N–H and O–H groups in total. The van der Waals surface area contributed by atoms with Crippen LogP contribution < -0.4 is 10.2 Å². The second-order valence-corrected chi connectivity index (χ2v) is 6.50. The van der Waals surface area contributed by atoms with Crippen molar-refractivity contribution in [2.75, 3.05) is 18.0 Å². The third-order valence-corrected chi connectivity index (χ3v) is 4.51. The van der Waals surface area contributed by atoms with Crippen molar-refractivity contribution in [3.05, 3.63) is 29.6 Å². The lowest BCUT2D eigenvalue weighted by Crippen LogP contribution is -2.28. The highest BCUT2D eigenvalue weighted by Crippen LogP contribution is 2.27. The predicted octanol–water partition coefficient (Wildman–Crippen LogP) is 4.34. The van der Waals surface area contributed by atoms with Crippen molar-refractivity contribution in [3.8, 4) is 0 Å². The molecule has 2 nitrogen and oxygen atoms in total. The van der Waals surface area contributed by atoms with E-state index >= 15 is 0 Å². The van der Waals surface area contributed by atoms with E-state index in [4.69, 9.17) is 0 Å². The van der Waals surface area contributed by atoms with Crippen molar-refractivity contribution >= 4 is 5.69 Å². The van der Waals surface area contributed by atoms with E-state index in [9.17, 15) is 4.39 Å². The number of anilines is 1. The van der Waals surface area contributed by atoms with Gasteiger partial charge in [-0.3, -0.25) is 0 Å². The molecule has 0 saturated carbocycles. The average molecular weight is 292 g/mol. The largest absolute Gasteiger partial charge is 0.371 e. The molecule has 2 rings (SSSR count). The molecule has 118 valence electrons. The molecule has 1 aliphatic rings. The SMILES string of the molecule is CCC1CCCN(c2ccc(F)cc2CNC(C)C)CC1. The molecule has 1 fully saturated rings. The molecule has 1 aromatic carbocycles. The minimum Gasteiger partial charge on any atom is -0.371 e. The van der Waals surface area contributed by atoms with Crippen LogP contribution >= 0.6 is 0 Å². The van der Waals surface area contributed by atoms with Gasteiger partial charge in [0.1, 0.15) is 5.82 Å². The lowest BCUT2D eigenvalue weighted by Gasteiger charge is -2.26. The molecule has 0 radical (unpaired) electrons. The average Bonchev–Trinajstić information content (AvgIpc) is 2.70. The Bertz CT molecular complexity index is 445. The summed E-state index contributed by atoms with van der Waals surface area (Å²) < 4.78 is 13.6. The zero-order chi connectivity index (χ0) is 15.2. The van der Waals surface area contributed by atoms with Gasteiger partial charge < -0.3 is 10.2 Å². The molecule has 0 amide bonds. The van der Waals surface area contributed by atoms with E-state index in [0.717, 1.165) is 31.1 Å². The molecule has 3 heteroatoms. The zero-order valence-electron chi connectivity index (χ0n) is 13.7. The van der Waals surface area contributed by atoms with Gasteiger partial charge in [-0.25, -0.2) is 4.39 Å². The van der Waals surface area contributed by atoms with E-state index in [0.29, 0.717) is 6.04 Å². The highest BCUT2D eigenvalue weighted by Gasteiger charge is 2.18. The molecule has 1 aromatic rings. The summed E-state index contributed by atoms with van der Waals surface area (Å²) in [5, 5.41) is 3.41. The minimum absolute atomic E-state index is 0.138. The molecule has 0 bridgehead atoms. The van der Waals surface area contributed by atoms with E-state index in [1.807, 2.05) is 6.07 Å². The van der Waals surface area contributed by atoms with Crippen LogP contribution in [0.5, 0.6) is 0 Å². The standard InChI is InChI=1S/C18H29FN2/c1-4-15-6-5-10-21(11-9-15)18-8-7-17(19)12-16(18)13-20-14(2)3/h7-8,12,14-15,20H,4-6,9-11,13H2,1-3H3. The topological polar surface area (TPSA) is 15.3 Å². The summed E-state index contributed by atoms with van der Waals surface area (Å²) in [4.78, 5) is 2.45. The van der Waals surface area contributed by atoms with Crippen LogP contribution in [-0.2, 0) is 6.54 Å². The molecule has 1 aliphatic heterocycles. The van der Waals surface area contributed by atoms with Gasteiger partial charge in [-0.05, 0) is 48.9 Å². The molecular weight excluding hydrogens is 263 g/mol. The first-order chi connectivity index (χ1) is 10.1. The fourth-order valence-electron chi connectivity index (χ4n) is 3.13. The Labute approximate surface area is 128 Å². The Balaban J connectivity index is 2.13. The Morgan fingerprint density at radius 1 is 1.29 bits per heavy atom. The molecule has 21 heavy (non-hydrogen) atoms. The first kappa shape index (κ1) is 16.3.